The van der Waals surface area contributed by atoms with Crippen LogP contribution in [0.4, 0.5) is 5.82 Å². The topological polar surface area (TPSA) is 60.0 Å². The summed E-state index contributed by atoms with van der Waals surface area (Å²) >= 11 is 1.70. The molecule has 1 aliphatic heterocycles. The third kappa shape index (κ3) is 3.32. The first-order valence-electron chi connectivity index (χ1n) is 10.6. The highest BCUT2D eigenvalue weighted by atomic mass is 32.2. The van der Waals surface area contributed by atoms with E-state index in [9.17, 15) is 0 Å². The van der Waals surface area contributed by atoms with E-state index >= 15 is 0 Å². The molecular weight excluding hydrogens is 378 g/mol. The lowest BCUT2D eigenvalue weighted by molar-refractivity contribution is 0.197. The molecule has 1 saturated carbocycles. The van der Waals surface area contributed by atoms with Crippen molar-refractivity contribution in [3.05, 3.63) is 42.4 Å². The fourth-order valence-electron chi connectivity index (χ4n) is 5.18. The van der Waals surface area contributed by atoms with Gasteiger partial charge in [0.2, 0.25) is 0 Å². The Kier molecular flexibility index (Phi) is 4.79. The highest BCUT2D eigenvalue weighted by molar-refractivity contribution is 7.99. The number of hydrogen-bond acceptors (Lipinski definition) is 5. The third-order valence-electron chi connectivity index (χ3n) is 7.02. The van der Waals surface area contributed by atoms with E-state index in [-0.39, 0.29) is 0 Å². The van der Waals surface area contributed by atoms with E-state index in [1.807, 2.05) is 6.20 Å². The van der Waals surface area contributed by atoms with Gasteiger partial charge in [0.25, 0.3) is 0 Å². The molecule has 29 heavy (non-hydrogen) atoms. The van der Waals surface area contributed by atoms with Crippen molar-refractivity contribution in [3.8, 4) is 0 Å². The predicted octanol–water partition coefficient (Wildman–Crippen LogP) is 4.53. The van der Waals surface area contributed by atoms with Gasteiger partial charge < -0.3 is 15.2 Å². The van der Waals surface area contributed by atoms with Crippen LogP contribution in [0.1, 0.15) is 37.8 Å². The number of benzene rings is 1. The quantitative estimate of drug-likeness (QED) is 0.691. The van der Waals surface area contributed by atoms with Crippen LogP contribution in [0, 0.1) is 12.3 Å². The van der Waals surface area contributed by atoms with Gasteiger partial charge in [-0.25, -0.2) is 9.97 Å². The maximum atomic E-state index is 6.44. The Labute approximate surface area is 176 Å². The molecule has 0 radical (unpaired) electrons. The lowest BCUT2D eigenvalue weighted by atomic mass is 9.74. The summed E-state index contributed by atoms with van der Waals surface area (Å²) in [6.07, 6.45) is 10.2. The molecular formula is C23H29N5S. The van der Waals surface area contributed by atoms with Crippen LogP contribution in [0.2, 0.25) is 0 Å². The lowest BCUT2D eigenvalue weighted by Gasteiger charge is -2.42. The summed E-state index contributed by atoms with van der Waals surface area (Å²) in [7, 11) is 2.09. The van der Waals surface area contributed by atoms with Gasteiger partial charge in [-0.15, -0.1) is 0 Å². The van der Waals surface area contributed by atoms with E-state index < -0.39 is 0 Å². The normalized spacial score (nSPS) is 21.3. The van der Waals surface area contributed by atoms with Crippen molar-refractivity contribution in [1.29, 1.82) is 0 Å². The molecule has 2 aliphatic rings. The van der Waals surface area contributed by atoms with E-state index in [4.69, 9.17) is 15.7 Å². The molecule has 3 heterocycles. The summed E-state index contributed by atoms with van der Waals surface area (Å²) in [5.41, 5.74) is 9.06. The van der Waals surface area contributed by atoms with Gasteiger partial charge >= 0.3 is 0 Å². The second-order valence-electron chi connectivity index (χ2n) is 8.69. The first kappa shape index (κ1) is 18.9. The Morgan fingerprint density at radius 3 is 2.72 bits per heavy atom. The van der Waals surface area contributed by atoms with Crippen LogP contribution in [0.3, 0.4) is 0 Å². The smallest absolute Gasteiger partial charge is 0.147 e. The second kappa shape index (κ2) is 7.33. The predicted molar refractivity (Wildman–Crippen MR) is 120 cm³/mol. The van der Waals surface area contributed by atoms with Crippen molar-refractivity contribution >= 4 is 28.5 Å². The Morgan fingerprint density at radius 1 is 1.17 bits per heavy atom. The van der Waals surface area contributed by atoms with Gasteiger partial charge in [0, 0.05) is 42.7 Å². The van der Waals surface area contributed by atoms with Crippen molar-refractivity contribution in [2.24, 2.45) is 18.2 Å². The third-order valence-corrected chi connectivity index (χ3v) is 8.16. The number of nitrogens with two attached hydrogens (primary N) is 1. The molecule has 1 aliphatic carbocycles. The summed E-state index contributed by atoms with van der Waals surface area (Å²) in [5, 5.41) is 2.24. The molecule has 2 fully saturated rings. The van der Waals surface area contributed by atoms with E-state index in [2.05, 4.69) is 53.9 Å². The zero-order valence-electron chi connectivity index (χ0n) is 17.3. The summed E-state index contributed by atoms with van der Waals surface area (Å²) in [5.74, 6) is 1.00. The maximum absolute atomic E-state index is 6.44. The summed E-state index contributed by atoms with van der Waals surface area (Å²) < 4.78 is 2.17. The maximum Gasteiger partial charge on any atom is 0.147 e. The average Bonchev–Trinajstić information content (AvgIpc) is 3.28. The molecule has 6 heteroatoms. The Morgan fingerprint density at radius 2 is 2.00 bits per heavy atom. The fourth-order valence-corrected chi connectivity index (χ4v) is 6.19. The fraction of sp³-hybridized carbons (Fsp3) is 0.478. The van der Waals surface area contributed by atoms with Crippen LogP contribution in [0.5, 0.6) is 0 Å². The number of piperidine rings is 1. The van der Waals surface area contributed by atoms with Crippen LogP contribution in [0.25, 0.3) is 10.9 Å². The van der Waals surface area contributed by atoms with Crippen molar-refractivity contribution in [2.75, 3.05) is 18.0 Å². The van der Waals surface area contributed by atoms with E-state index in [1.165, 1.54) is 47.9 Å². The summed E-state index contributed by atoms with van der Waals surface area (Å²) in [6, 6.07) is 8.97. The first-order valence-corrected chi connectivity index (χ1v) is 11.4. The van der Waals surface area contributed by atoms with E-state index in [0.717, 1.165) is 29.6 Å². The minimum Gasteiger partial charge on any atom is -0.355 e. The van der Waals surface area contributed by atoms with Crippen LogP contribution in [0.15, 0.2) is 46.6 Å². The number of aromatic nitrogens is 3. The van der Waals surface area contributed by atoms with Gasteiger partial charge in [0.05, 0.1) is 17.4 Å². The molecule has 1 saturated heterocycles. The van der Waals surface area contributed by atoms with Gasteiger partial charge in [-0.3, -0.25) is 0 Å². The highest BCUT2D eigenvalue weighted by Crippen LogP contribution is 2.46. The minimum absolute atomic E-state index is 0.377. The van der Waals surface area contributed by atoms with Gasteiger partial charge in [0.1, 0.15) is 10.8 Å². The standard InChI is InChI=1S/C23H29N5S/c1-16-22(29-18-6-3-5-17-8-12-27(2)21(17)18)25-15-20(26-16)28-13-10-23(11-14-28)9-4-7-19(23)24/h3,5-6,8,12,15,19H,4,7,9-11,13-14,24H2,1-2H3/t19-/m1/s1. The van der Waals surface area contributed by atoms with Crippen LogP contribution in [-0.2, 0) is 7.05 Å². The van der Waals surface area contributed by atoms with Gasteiger partial charge in [0.15, 0.2) is 0 Å². The number of fused-ring (bicyclic) bond motifs is 1. The van der Waals surface area contributed by atoms with Crippen LogP contribution >= 0.6 is 11.8 Å². The van der Waals surface area contributed by atoms with Crippen molar-refractivity contribution in [1.82, 2.24) is 14.5 Å². The Bertz CT molecular complexity index is 1030. The SMILES string of the molecule is Cc1nc(N2CCC3(CCC[C@H]3N)CC2)cnc1Sc1cccc2ccn(C)c12. The number of rotatable bonds is 3. The van der Waals surface area contributed by atoms with Crippen molar-refractivity contribution in [2.45, 2.75) is 55.0 Å². The van der Waals surface area contributed by atoms with Gasteiger partial charge in [-0.2, -0.15) is 0 Å². The largest absolute Gasteiger partial charge is 0.355 e. The summed E-state index contributed by atoms with van der Waals surface area (Å²) in [4.78, 5) is 13.3. The number of aryl methyl sites for hydroxylation is 2. The van der Waals surface area contributed by atoms with Crippen molar-refractivity contribution in [3.63, 3.8) is 0 Å². The molecule has 5 nitrogen and oxygen atoms in total. The molecule has 3 aromatic rings. The first-order chi connectivity index (χ1) is 14.1. The zero-order valence-corrected chi connectivity index (χ0v) is 18.1. The van der Waals surface area contributed by atoms with E-state index in [0.29, 0.717) is 11.5 Å². The zero-order chi connectivity index (χ0) is 20.0. The van der Waals surface area contributed by atoms with E-state index in [1.54, 1.807) is 11.8 Å². The Hall–Kier alpha value is -2.05. The molecule has 5 rings (SSSR count). The molecule has 0 amide bonds. The second-order valence-corrected chi connectivity index (χ2v) is 9.72. The Balaban J connectivity index is 1.34. The lowest BCUT2D eigenvalue weighted by Crippen LogP contribution is -2.47. The van der Waals surface area contributed by atoms with Crippen LogP contribution in [-0.4, -0.2) is 33.7 Å². The molecule has 0 unspecified atom stereocenters. The number of hydrogen-bond donors (Lipinski definition) is 1. The molecule has 0 bridgehead atoms. The van der Waals surface area contributed by atoms with Gasteiger partial charge in [-0.1, -0.05) is 30.3 Å². The molecule has 2 aromatic heterocycles. The van der Waals surface area contributed by atoms with Gasteiger partial charge in [-0.05, 0) is 50.2 Å². The van der Waals surface area contributed by atoms with Crippen LogP contribution < -0.4 is 10.6 Å². The van der Waals surface area contributed by atoms with Crippen molar-refractivity contribution < 1.29 is 0 Å². The average molecular weight is 408 g/mol. The molecule has 1 atom stereocenters. The molecule has 1 aromatic carbocycles. The number of anilines is 1. The monoisotopic (exact) mass is 407 g/mol. The number of nitrogens with zero attached hydrogens (tertiary/aromatic N) is 4. The number of para-hydroxylation sites is 1. The molecule has 1 spiro atoms. The minimum atomic E-state index is 0.377. The molecule has 152 valence electrons. The molecule has 2 N–H and O–H groups in total. The summed E-state index contributed by atoms with van der Waals surface area (Å²) in [6.45, 7) is 4.15. The highest BCUT2D eigenvalue weighted by Gasteiger charge is 2.43.